The summed E-state index contributed by atoms with van der Waals surface area (Å²) in [7, 11) is 0. The fraction of sp³-hybridized carbons (Fsp3) is 0.222. The van der Waals surface area contributed by atoms with E-state index in [1.807, 2.05) is 0 Å². The number of rotatable bonds is 5. The second kappa shape index (κ2) is 7.90. The largest absolute Gasteiger partial charge is 0.479 e. The molecule has 138 valence electrons. The number of carbonyl (C=O) groups is 2. The van der Waals surface area contributed by atoms with Crippen molar-refractivity contribution in [1.82, 2.24) is 0 Å². The number of alkyl halides is 3. The molecule has 5 nitrogen and oxygen atoms in total. The predicted molar refractivity (Wildman–Crippen MR) is 90.9 cm³/mol. The number of halogens is 3. The van der Waals surface area contributed by atoms with E-state index in [1.54, 1.807) is 24.3 Å². The molecule has 0 aliphatic rings. The minimum absolute atomic E-state index is 0.00965. The Morgan fingerprint density at radius 2 is 1.73 bits per heavy atom. The van der Waals surface area contributed by atoms with Crippen LogP contribution in [0.3, 0.4) is 0 Å². The van der Waals surface area contributed by atoms with Crippen molar-refractivity contribution in [3.8, 4) is 5.75 Å². The van der Waals surface area contributed by atoms with Gasteiger partial charge in [-0.05, 0) is 37.3 Å². The summed E-state index contributed by atoms with van der Waals surface area (Å²) in [4.78, 5) is 23.4. The molecule has 8 heteroatoms. The van der Waals surface area contributed by atoms with Gasteiger partial charge in [-0.3, -0.25) is 9.59 Å². The van der Waals surface area contributed by atoms with Crippen molar-refractivity contribution in [3.05, 3.63) is 54.1 Å². The van der Waals surface area contributed by atoms with Crippen molar-refractivity contribution < 1.29 is 27.5 Å². The fourth-order valence-electron chi connectivity index (χ4n) is 2.12. The summed E-state index contributed by atoms with van der Waals surface area (Å²) in [6.45, 7) is 2.79. The molecule has 0 heterocycles. The van der Waals surface area contributed by atoms with E-state index in [0.29, 0.717) is 5.69 Å². The zero-order valence-electron chi connectivity index (χ0n) is 14.1. The summed E-state index contributed by atoms with van der Waals surface area (Å²) in [6, 6.07) is 10.8. The summed E-state index contributed by atoms with van der Waals surface area (Å²) in [5, 5.41) is 4.95. The van der Waals surface area contributed by atoms with Crippen molar-refractivity contribution in [2.75, 3.05) is 10.6 Å². The molecule has 2 N–H and O–H groups in total. The molecule has 0 bridgehead atoms. The van der Waals surface area contributed by atoms with Gasteiger partial charge in [0.25, 0.3) is 5.91 Å². The number of nitrogens with one attached hydrogen (secondary N) is 2. The van der Waals surface area contributed by atoms with Crippen LogP contribution in [0.4, 0.5) is 24.5 Å². The minimum Gasteiger partial charge on any atom is -0.479 e. The number of benzene rings is 2. The molecule has 0 saturated carbocycles. The summed E-state index contributed by atoms with van der Waals surface area (Å²) < 4.78 is 43.7. The van der Waals surface area contributed by atoms with Gasteiger partial charge in [0.15, 0.2) is 6.10 Å². The number of amides is 2. The maximum absolute atomic E-state index is 12.7. The highest BCUT2D eigenvalue weighted by Crippen LogP contribution is 2.31. The smallest absolute Gasteiger partial charge is 0.416 e. The van der Waals surface area contributed by atoms with Crippen LogP contribution in [0.1, 0.15) is 19.4 Å². The highest BCUT2D eigenvalue weighted by molar-refractivity contribution is 5.94. The normalized spacial score (nSPS) is 12.2. The Bertz CT molecular complexity index is 806. The lowest BCUT2D eigenvalue weighted by Gasteiger charge is -2.17. The van der Waals surface area contributed by atoms with Crippen LogP contribution >= 0.6 is 0 Å². The molecule has 0 aromatic heterocycles. The molecule has 2 amide bonds. The van der Waals surface area contributed by atoms with Crippen LogP contribution in [0.15, 0.2) is 48.5 Å². The van der Waals surface area contributed by atoms with E-state index in [1.165, 1.54) is 26.0 Å². The average Bonchev–Trinajstić information content (AvgIpc) is 2.55. The first kappa shape index (κ1) is 19.3. The number of para-hydroxylation sites is 2. The predicted octanol–water partition coefficient (Wildman–Crippen LogP) is 4.07. The van der Waals surface area contributed by atoms with Crippen LogP contribution in [-0.4, -0.2) is 17.9 Å². The van der Waals surface area contributed by atoms with E-state index in [4.69, 9.17) is 4.74 Å². The van der Waals surface area contributed by atoms with Crippen LogP contribution in [-0.2, 0) is 15.8 Å². The molecular formula is C18H17F3N2O3. The van der Waals surface area contributed by atoms with Gasteiger partial charge in [0, 0.05) is 12.6 Å². The van der Waals surface area contributed by atoms with Crippen molar-refractivity contribution in [2.45, 2.75) is 26.1 Å². The molecular weight excluding hydrogens is 349 g/mol. The third-order valence-corrected chi connectivity index (χ3v) is 3.33. The summed E-state index contributed by atoms with van der Waals surface area (Å²) in [5.41, 5.74) is -0.464. The van der Waals surface area contributed by atoms with Gasteiger partial charge in [0.05, 0.1) is 11.3 Å². The van der Waals surface area contributed by atoms with Crippen LogP contribution in [0, 0.1) is 0 Å². The maximum Gasteiger partial charge on any atom is 0.416 e. The number of hydrogen-bond donors (Lipinski definition) is 2. The minimum atomic E-state index is -4.50. The Morgan fingerprint density at radius 1 is 1.04 bits per heavy atom. The highest BCUT2D eigenvalue weighted by Gasteiger charge is 2.30. The molecule has 0 radical (unpaired) electrons. The molecule has 2 aromatic rings. The quantitative estimate of drug-likeness (QED) is 0.838. The van der Waals surface area contributed by atoms with Crippen LogP contribution < -0.4 is 15.4 Å². The first-order chi connectivity index (χ1) is 12.2. The molecule has 0 unspecified atom stereocenters. The van der Waals surface area contributed by atoms with Gasteiger partial charge in [-0.25, -0.2) is 0 Å². The van der Waals surface area contributed by atoms with Gasteiger partial charge < -0.3 is 15.4 Å². The third kappa shape index (κ3) is 5.23. The van der Waals surface area contributed by atoms with Crippen LogP contribution in [0.5, 0.6) is 5.75 Å². The highest BCUT2D eigenvalue weighted by atomic mass is 19.4. The average molecular weight is 366 g/mol. The Morgan fingerprint density at radius 3 is 2.38 bits per heavy atom. The molecule has 0 saturated heterocycles. The standard InChI is InChI=1S/C18H17F3N2O3/c1-11(26-16-9-4-3-8-15(16)22-12(2)24)17(25)23-14-7-5-6-13(10-14)18(19,20)21/h3-11H,1-2H3,(H,22,24)(H,23,25)/t11-/m0/s1. The first-order valence-electron chi connectivity index (χ1n) is 7.68. The van der Waals surface area contributed by atoms with E-state index in [-0.39, 0.29) is 17.3 Å². The monoisotopic (exact) mass is 366 g/mol. The van der Waals surface area contributed by atoms with Crippen molar-refractivity contribution >= 4 is 23.2 Å². The van der Waals surface area contributed by atoms with Crippen LogP contribution in [0.25, 0.3) is 0 Å². The SMILES string of the molecule is CC(=O)Nc1ccccc1O[C@@H](C)C(=O)Nc1cccc(C(F)(F)F)c1. The van der Waals surface area contributed by atoms with E-state index in [2.05, 4.69) is 10.6 Å². The number of carbonyl (C=O) groups excluding carboxylic acids is 2. The molecule has 2 rings (SSSR count). The topological polar surface area (TPSA) is 67.4 Å². The van der Waals surface area contributed by atoms with Gasteiger partial charge in [-0.2, -0.15) is 13.2 Å². The molecule has 0 spiro atoms. The zero-order chi connectivity index (χ0) is 19.3. The fourth-order valence-corrected chi connectivity index (χ4v) is 2.12. The van der Waals surface area contributed by atoms with E-state index in [0.717, 1.165) is 12.1 Å². The lowest BCUT2D eigenvalue weighted by atomic mass is 10.2. The van der Waals surface area contributed by atoms with Crippen molar-refractivity contribution in [1.29, 1.82) is 0 Å². The zero-order valence-corrected chi connectivity index (χ0v) is 14.1. The summed E-state index contributed by atoms with van der Waals surface area (Å²) >= 11 is 0. The lowest BCUT2D eigenvalue weighted by Crippen LogP contribution is -2.30. The molecule has 0 aliphatic heterocycles. The number of hydrogen-bond acceptors (Lipinski definition) is 3. The molecule has 26 heavy (non-hydrogen) atoms. The molecule has 2 aromatic carbocycles. The summed E-state index contributed by atoms with van der Waals surface area (Å²) in [5.74, 6) is -0.654. The molecule has 1 atom stereocenters. The molecule has 0 fully saturated rings. The molecule has 0 aliphatic carbocycles. The number of ether oxygens (including phenoxy) is 1. The van der Waals surface area contributed by atoms with E-state index < -0.39 is 23.8 Å². The first-order valence-corrected chi connectivity index (χ1v) is 7.68. The summed E-state index contributed by atoms with van der Waals surface area (Å²) in [6.07, 6.45) is -5.50. The third-order valence-electron chi connectivity index (χ3n) is 3.33. The Kier molecular flexibility index (Phi) is 5.86. The van der Waals surface area contributed by atoms with Crippen molar-refractivity contribution in [2.24, 2.45) is 0 Å². The van der Waals surface area contributed by atoms with Gasteiger partial charge >= 0.3 is 6.18 Å². The second-order valence-corrected chi connectivity index (χ2v) is 5.51. The van der Waals surface area contributed by atoms with Gasteiger partial charge in [0.2, 0.25) is 5.91 Å². The Balaban J connectivity index is 2.08. The Labute approximate surface area is 148 Å². The van der Waals surface area contributed by atoms with Gasteiger partial charge in [-0.15, -0.1) is 0 Å². The number of anilines is 2. The van der Waals surface area contributed by atoms with Crippen molar-refractivity contribution in [3.63, 3.8) is 0 Å². The second-order valence-electron chi connectivity index (χ2n) is 5.51. The lowest BCUT2D eigenvalue weighted by molar-refractivity contribution is -0.137. The van der Waals surface area contributed by atoms with E-state index in [9.17, 15) is 22.8 Å². The van der Waals surface area contributed by atoms with Crippen LogP contribution in [0.2, 0.25) is 0 Å². The van der Waals surface area contributed by atoms with Gasteiger partial charge in [0.1, 0.15) is 5.75 Å². The van der Waals surface area contributed by atoms with Gasteiger partial charge in [-0.1, -0.05) is 18.2 Å². The maximum atomic E-state index is 12.7. The Hall–Kier alpha value is -3.03. The van der Waals surface area contributed by atoms with E-state index >= 15 is 0 Å².